The monoisotopic (exact) mass is 247 g/mol. The minimum atomic E-state index is 0.429. The Bertz CT molecular complexity index is 372. The van der Waals surface area contributed by atoms with Crippen molar-refractivity contribution < 1.29 is 0 Å². The molecule has 2 atom stereocenters. The lowest BCUT2D eigenvalue weighted by Crippen LogP contribution is -2.44. The van der Waals surface area contributed by atoms with Crippen LogP contribution in [0.1, 0.15) is 57.5 Å². The van der Waals surface area contributed by atoms with E-state index in [1.807, 2.05) is 19.3 Å². The summed E-state index contributed by atoms with van der Waals surface area (Å²) in [5.41, 5.74) is 1.24. The van der Waals surface area contributed by atoms with Gasteiger partial charge in [-0.1, -0.05) is 20.3 Å². The highest BCUT2D eigenvalue weighted by Gasteiger charge is 2.29. The molecule has 1 aliphatic heterocycles. The zero-order valence-corrected chi connectivity index (χ0v) is 12.1. The first kappa shape index (κ1) is 13.5. The van der Waals surface area contributed by atoms with Gasteiger partial charge < -0.3 is 0 Å². The van der Waals surface area contributed by atoms with E-state index in [1.54, 1.807) is 0 Å². The zero-order valence-electron chi connectivity index (χ0n) is 12.1. The van der Waals surface area contributed by atoms with E-state index in [-0.39, 0.29) is 0 Å². The van der Waals surface area contributed by atoms with Crippen molar-refractivity contribution in [1.82, 2.24) is 14.9 Å². The quantitative estimate of drug-likeness (QED) is 0.820. The van der Waals surface area contributed by atoms with Gasteiger partial charge >= 0.3 is 0 Å². The molecule has 1 aliphatic rings. The number of hydrogen-bond donors (Lipinski definition) is 0. The Morgan fingerprint density at radius 2 is 1.83 bits per heavy atom. The Morgan fingerprint density at radius 3 is 2.44 bits per heavy atom. The van der Waals surface area contributed by atoms with E-state index in [2.05, 4.69) is 35.6 Å². The minimum Gasteiger partial charge on any atom is -0.293 e. The highest BCUT2D eigenvalue weighted by Crippen LogP contribution is 2.31. The molecular weight excluding hydrogens is 222 g/mol. The van der Waals surface area contributed by atoms with Crippen LogP contribution in [-0.4, -0.2) is 27.5 Å². The summed E-state index contributed by atoms with van der Waals surface area (Å²) < 4.78 is 0. The molecule has 3 heteroatoms. The van der Waals surface area contributed by atoms with Crippen LogP contribution in [-0.2, 0) is 0 Å². The van der Waals surface area contributed by atoms with Gasteiger partial charge in [-0.2, -0.15) is 0 Å². The Balaban J connectivity index is 2.15. The maximum Gasteiger partial charge on any atom is 0.125 e. The van der Waals surface area contributed by atoms with Crippen LogP contribution in [0.4, 0.5) is 0 Å². The molecule has 3 nitrogen and oxygen atoms in total. The second-order valence-corrected chi connectivity index (χ2v) is 5.78. The second-order valence-electron chi connectivity index (χ2n) is 5.78. The second kappa shape index (κ2) is 5.79. The molecule has 100 valence electrons. The summed E-state index contributed by atoms with van der Waals surface area (Å²) in [6.07, 6.45) is 7.99. The highest BCUT2D eigenvalue weighted by molar-refractivity contribution is 5.11. The summed E-state index contributed by atoms with van der Waals surface area (Å²) in [6, 6.07) is 1.13. The van der Waals surface area contributed by atoms with E-state index < -0.39 is 0 Å². The molecule has 1 aromatic heterocycles. The van der Waals surface area contributed by atoms with Gasteiger partial charge in [0.15, 0.2) is 0 Å². The molecule has 0 amide bonds. The third kappa shape index (κ3) is 2.89. The van der Waals surface area contributed by atoms with Crippen molar-refractivity contribution in [2.24, 2.45) is 5.92 Å². The Labute approximate surface area is 111 Å². The number of aryl methyl sites for hydroxylation is 1. The first-order valence-electron chi connectivity index (χ1n) is 7.14. The smallest absolute Gasteiger partial charge is 0.125 e. The lowest BCUT2D eigenvalue weighted by atomic mass is 9.90. The van der Waals surface area contributed by atoms with Crippen molar-refractivity contribution in [1.29, 1.82) is 0 Å². The fourth-order valence-electron chi connectivity index (χ4n) is 2.99. The summed E-state index contributed by atoms with van der Waals surface area (Å²) in [6.45, 7) is 10.1. The molecule has 0 spiro atoms. The van der Waals surface area contributed by atoms with E-state index in [4.69, 9.17) is 0 Å². The van der Waals surface area contributed by atoms with Gasteiger partial charge in [0.05, 0.1) is 0 Å². The van der Waals surface area contributed by atoms with Crippen LogP contribution in [0.5, 0.6) is 0 Å². The first-order chi connectivity index (χ1) is 8.59. The van der Waals surface area contributed by atoms with Crippen molar-refractivity contribution in [2.75, 3.05) is 6.54 Å². The summed E-state index contributed by atoms with van der Waals surface area (Å²) in [7, 11) is 0. The van der Waals surface area contributed by atoms with Gasteiger partial charge in [-0.25, -0.2) is 9.97 Å². The van der Waals surface area contributed by atoms with Crippen LogP contribution in [0.2, 0.25) is 0 Å². The number of aromatic nitrogens is 2. The van der Waals surface area contributed by atoms with E-state index in [0.29, 0.717) is 12.1 Å². The molecule has 2 rings (SSSR count). The van der Waals surface area contributed by atoms with Crippen LogP contribution in [0.25, 0.3) is 0 Å². The SMILES string of the molecule is Cc1ncc(C(C)N2CCCCC2C(C)C)cn1. The van der Waals surface area contributed by atoms with Crippen molar-refractivity contribution in [2.45, 2.75) is 59.0 Å². The minimum absolute atomic E-state index is 0.429. The Hall–Kier alpha value is -0.960. The van der Waals surface area contributed by atoms with E-state index in [9.17, 15) is 0 Å². The van der Waals surface area contributed by atoms with Gasteiger partial charge in [0.2, 0.25) is 0 Å². The molecule has 2 unspecified atom stereocenters. The maximum atomic E-state index is 4.33. The molecule has 0 saturated carbocycles. The van der Waals surface area contributed by atoms with E-state index in [1.165, 1.54) is 31.4 Å². The fraction of sp³-hybridized carbons (Fsp3) is 0.733. The van der Waals surface area contributed by atoms with Crippen molar-refractivity contribution in [3.05, 3.63) is 23.8 Å². The topological polar surface area (TPSA) is 29.0 Å². The summed E-state index contributed by atoms with van der Waals surface area (Å²) in [4.78, 5) is 11.3. The predicted octanol–water partition coefficient (Wildman–Crippen LogP) is 3.36. The molecule has 0 bridgehead atoms. The number of rotatable bonds is 3. The Morgan fingerprint density at radius 1 is 1.17 bits per heavy atom. The molecule has 1 fully saturated rings. The summed E-state index contributed by atoms with van der Waals surface area (Å²) in [5, 5.41) is 0. The van der Waals surface area contributed by atoms with Crippen molar-refractivity contribution >= 4 is 0 Å². The number of hydrogen-bond acceptors (Lipinski definition) is 3. The standard InChI is InChI=1S/C15H25N3/c1-11(2)15-7-5-6-8-18(15)12(3)14-9-16-13(4)17-10-14/h9-12,15H,5-8H2,1-4H3. The van der Waals surface area contributed by atoms with Gasteiger partial charge in [0.25, 0.3) is 0 Å². The van der Waals surface area contributed by atoms with Gasteiger partial charge in [0.1, 0.15) is 5.82 Å². The van der Waals surface area contributed by atoms with Crippen LogP contribution >= 0.6 is 0 Å². The van der Waals surface area contributed by atoms with Crippen molar-refractivity contribution in [3.8, 4) is 0 Å². The predicted molar refractivity (Wildman–Crippen MR) is 74.4 cm³/mol. The highest BCUT2D eigenvalue weighted by atomic mass is 15.2. The molecule has 2 heterocycles. The lowest BCUT2D eigenvalue weighted by molar-refractivity contribution is 0.0727. The summed E-state index contributed by atoms with van der Waals surface area (Å²) >= 11 is 0. The number of likely N-dealkylation sites (tertiary alicyclic amines) is 1. The molecule has 0 radical (unpaired) electrons. The third-order valence-corrected chi connectivity index (χ3v) is 4.14. The average Bonchev–Trinajstić information content (AvgIpc) is 2.39. The normalized spacial score (nSPS) is 23.3. The van der Waals surface area contributed by atoms with Gasteiger partial charge in [-0.15, -0.1) is 0 Å². The average molecular weight is 247 g/mol. The lowest BCUT2D eigenvalue weighted by Gasteiger charge is -2.42. The molecule has 1 saturated heterocycles. The third-order valence-electron chi connectivity index (χ3n) is 4.14. The molecule has 1 aromatic rings. The largest absolute Gasteiger partial charge is 0.293 e. The molecule has 18 heavy (non-hydrogen) atoms. The summed E-state index contributed by atoms with van der Waals surface area (Å²) in [5.74, 6) is 1.57. The first-order valence-corrected chi connectivity index (χ1v) is 7.14. The number of nitrogens with zero attached hydrogens (tertiary/aromatic N) is 3. The molecular formula is C15H25N3. The van der Waals surface area contributed by atoms with E-state index >= 15 is 0 Å². The van der Waals surface area contributed by atoms with E-state index in [0.717, 1.165) is 11.7 Å². The Kier molecular flexibility index (Phi) is 4.33. The molecule has 0 aliphatic carbocycles. The van der Waals surface area contributed by atoms with Crippen LogP contribution in [0, 0.1) is 12.8 Å². The van der Waals surface area contributed by atoms with Crippen LogP contribution in [0.3, 0.4) is 0 Å². The van der Waals surface area contributed by atoms with Crippen molar-refractivity contribution in [3.63, 3.8) is 0 Å². The number of piperidine rings is 1. The van der Waals surface area contributed by atoms with Crippen LogP contribution in [0.15, 0.2) is 12.4 Å². The fourth-order valence-corrected chi connectivity index (χ4v) is 2.99. The van der Waals surface area contributed by atoms with Crippen LogP contribution < -0.4 is 0 Å². The molecule has 0 aromatic carbocycles. The maximum absolute atomic E-state index is 4.33. The van der Waals surface area contributed by atoms with Gasteiger partial charge in [-0.05, 0) is 39.2 Å². The van der Waals surface area contributed by atoms with Gasteiger partial charge in [0, 0.05) is 30.0 Å². The molecule has 0 N–H and O–H groups in total. The van der Waals surface area contributed by atoms with Gasteiger partial charge in [-0.3, -0.25) is 4.90 Å². The zero-order chi connectivity index (χ0) is 13.1.